The predicted octanol–water partition coefficient (Wildman–Crippen LogP) is 4.39. The fourth-order valence-electron chi connectivity index (χ4n) is 4.30. The average molecular weight is 238 g/mol. The summed E-state index contributed by atoms with van der Waals surface area (Å²) in [6.45, 7) is 4.49. The quantitative estimate of drug-likeness (QED) is 0.697. The molecule has 0 radical (unpaired) electrons. The molecular weight excluding hydrogens is 208 g/mol. The summed E-state index contributed by atoms with van der Waals surface area (Å²) in [5.74, 6) is 3.42. The summed E-state index contributed by atoms with van der Waals surface area (Å²) in [5.41, 5.74) is 0. The first-order chi connectivity index (χ1) is 8.24. The minimum Gasteiger partial charge on any atom is -0.393 e. The second kappa shape index (κ2) is 6.22. The topological polar surface area (TPSA) is 20.2 Å². The highest BCUT2D eigenvalue weighted by Gasteiger charge is 2.40. The fourth-order valence-corrected chi connectivity index (χ4v) is 4.30. The summed E-state index contributed by atoms with van der Waals surface area (Å²) in [7, 11) is 0. The molecule has 5 unspecified atom stereocenters. The van der Waals surface area contributed by atoms with Crippen LogP contribution < -0.4 is 0 Å². The van der Waals surface area contributed by atoms with Gasteiger partial charge in [0.25, 0.3) is 0 Å². The van der Waals surface area contributed by atoms with Crippen LogP contribution in [-0.4, -0.2) is 11.2 Å². The van der Waals surface area contributed by atoms with Gasteiger partial charge in [0.1, 0.15) is 0 Å². The van der Waals surface area contributed by atoms with Gasteiger partial charge in [0.05, 0.1) is 6.10 Å². The molecule has 1 N–H and O–H groups in total. The third-order valence-corrected chi connectivity index (χ3v) is 5.43. The molecule has 2 fully saturated rings. The Morgan fingerprint density at radius 3 is 2.53 bits per heavy atom. The van der Waals surface area contributed by atoms with Crippen molar-refractivity contribution in [3.63, 3.8) is 0 Å². The van der Waals surface area contributed by atoms with E-state index < -0.39 is 0 Å². The number of aliphatic hydroxyl groups is 1. The number of hydrogen-bond donors (Lipinski definition) is 1. The van der Waals surface area contributed by atoms with Crippen LogP contribution in [0.1, 0.15) is 71.6 Å². The number of rotatable bonds is 7. The molecule has 0 spiro atoms. The van der Waals surface area contributed by atoms with Gasteiger partial charge < -0.3 is 5.11 Å². The summed E-state index contributed by atoms with van der Waals surface area (Å²) in [4.78, 5) is 0. The van der Waals surface area contributed by atoms with Gasteiger partial charge in [0.2, 0.25) is 0 Å². The predicted molar refractivity (Wildman–Crippen MR) is 72.9 cm³/mol. The maximum atomic E-state index is 10.4. The third-order valence-electron chi connectivity index (χ3n) is 5.43. The van der Waals surface area contributed by atoms with Gasteiger partial charge in [-0.2, -0.15) is 0 Å². The van der Waals surface area contributed by atoms with Gasteiger partial charge in [-0.15, -0.1) is 0 Å². The van der Waals surface area contributed by atoms with Crippen molar-refractivity contribution in [2.45, 2.75) is 77.7 Å². The zero-order chi connectivity index (χ0) is 12.3. The van der Waals surface area contributed by atoms with E-state index in [1.54, 1.807) is 0 Å². The molecule has 0 aromatic rings. The van der Waals surface area contributed by atoms with Crippen molar-refractivity contribution in [3.8, 4) is 0 Å². The first kappa shape index (κ1) is 13.4. The minimum atomic E-state index is -0.0177. The van der Waals surface area contributed by atoms with E-state index in [0.29, 0.717) is 5.92 Å². The lowest BCUT2D eigenvalue weighted by Gasteiger charge is -2.28. The molecule has 0 aromatic carbocycles. The van der Waals surface area contributed by atoms with Crippen molar-refractivity contribution in [1.82, 2.24) is 0 Å². The maximum Gasteiger partial charge on any atom is 0.0571 e. The lowest BCUT2D eigenvalue weighted by molar-refractivity contribution is 0.0635. The highest BCUT2D eigenvalue weighted by Crippen LogP contribution is 2.50. The van der Waals surface area contributed by atoms with Gasteiger partial charge in [-0.3, -0.25) is 0 Å². The Bertz CT molecular complexity index is 226. The van der Waals surface area contributed by atoms with E-state index in [1.807, 2.05) is 0 Å². The minimum absolute atomic E-state index is 0.0177. The van der Waals surface area contributed by atoms with Gasteiger partial charge in [0.15, 0.2) is 0 Å². The SMILES string of the molecule is CCCCC(CC)C(O)CC1CC2CCC1C2. The van der Waals surface area contributed by atoms with Crippen LogP contribution in [0.5, 0.6) is 0 Å². The molecule has 2 aliphatic rings. The van der Waals surface area contributed by atoms with Crippen LogP contribution in [0.15, 0.2) is 0 Å². The van der Waals surface area contributed by atoms with E-state index in [1.165, 1.54) is 44.9 Å². The largest absolute Gasteiger partial charge is 0.393 e. The average Bonchev–Trinajstić information content (AvgIpc) is 2.92. The molecule has 5 atom stereocenters. The number of hydrogen-bond acceptors (Lipinski definition) is 1. The van der Waals surface area contributed by atoms with E-state index in [4.69, 9.17) is 0 Å². The van der Waals surface area contributed by atoms with Crippen molar-refractivity contribution >= 4 is 0 Å². The van der Waals surface area contributed by atoms with E-state index >= 15 is 0 Å². The molecule has 0 saturated heterocycles. The van der Waals surface area contributed by atoms with Crippen molar-refractivity contribution in [1.29, 1.82) is 0 Å². The first-order valence-electron chi connectivity index (χ1n) is 7.92. The van der Waals surface area contributed by atoms with Crippen LogP contribution >= 0.6 is 0 Å². The van der Waals surface area contributed by atoms with Crippen LogP contribution in [0.4, 0.5) is 0 Å². The Hall–Kier alpha value is -0.0400. The molecule has 1 nitrogen and oxygen atoms in total. The highest BCUT2D eigenvalue weighted by molar-refractivity contribution is 4.91. The molecule has 2 saturated carbocycles. The summed E-state index contributed by atoms with van der Waals surface area (Å²) in [5, 5.41) is 10.4. The monoisotopic (exact) mass is 238 g/mol. The summed E-state index contributed by atoms with van der Waals surface area (Å²) < 4.78 is 0. The summed E-state index contributed by atoms with van der Waals surface area (Å²) in [6, 6.07) is 0. The van der Waals surface area contributed by atoms with E-state index in [-0.39, 0.29) is 6.10 Å². The normalized spacial score (nSPS) is 35.1. The molecule has 17 heavy (non-hydrogen) atoms. The van der Waals surface area contributed by atoms with E-state index in [2.05, 4.69) is 13.8 Å². The van der Waals surface area contributed by atoms with Crippen LogP contribution in [-0.2, 0) is 0 Å². The molecule has 2 aliphatic carbocycles. The van der Waals surface area contributed by atoms with Gasteiger partial charge in [-0.1, -0.05) is 39.5 Å². The number of aliphatic hydroxyl groups excluding tert-OH is 1. The summed E-state index contributed by atoms with van der Waals surface area (Å²) in [6.07, 6.45) is 11.8. The van der Waals surface area contributed by atoms with Gasteiger partial charge in [-0.05, 0) is 55.8 Å². The molecule has 1 heteroatoms. The van der Waals surface area contributed by atoms with Gasteiger partial charge in [0, 0.05) is 0 Å². The number of fused-ring (bicyclic) bond motifs is 2. The van der Waals surface area contributed by atoms with Crippen molar-refractivity contribution in [2.24, 2.45) is 23.7 Å². The van der Waals surface area contributed by atoms with E-state index in [0.717, 1.165) is 30.6 Å². The zero-order valence-electron chi connectivity index (χ0n) is 11.7. The Labute approximate surface area is 107 Å². The Balaban J connectivity index is 1.77. The second-order valence-corrected chi connectivity index (χ2v) is 6.55. The van der Waals surface area contributed by atoms with Crippen LogP contribution in [0.2, 0.25) is 0 Å². The van der Waals surface area contributed by atoms with Gasteiger partial charge >= 0.3 is 0 Å². The molecule has 0 aliphatic heterocycles. The van der Waals surface area contributed by atoms with Crippen molar-refractivity contribution in [3.05, 3.63) is 0 Å². The maximum absolute atomic E-state index is 10.4. The molecule has 0 amide bonds. The van der Waals surface area contributed by atoms with Crippen molar-refractivity contribution in [2.75, 3.05) is 0 Å². The zero-order valence-corrected chi connectivity index (χ0v) is 11.7. The van der Waals surface area contributed by atoms with Gasteiger partial charge in [-0.25, -0.2) is 0 Å². The first-order valence-corrected chi connectivity index (χ1v) is 7.92. The lowest BCUT2D eigenvalue weighted by atomic mass is 9.80. The van der Waals surface area contributed by atoms with Crippen LogP contribution in [0.25, 0.3) is 0 Å². The van der Waals surface area contributed by atoms with E-state index in [9.17, 15) is 5.11 Å². The Morgan fingerprint density at radius 2 is 2.00 bits per heavy atom. The lowest BCUT2D eigenvalue weighted by Crippen LogP contribution is -2.25. The second-order valence-electron chi connectivity index (χ2n) is 6.55. The third kappa shape index (κ3) is 3.24. The van der Waals surface area contributed by atoms with Crippen LogP contribution in [0.3, 0.4) is 0 Å². The van der Waals surface area contributed by atoms with Crippen LogP contribution in [0, 0.1) is 23.7 Å². The summed E-state index contributed by atoms with van der Waals surface area (Å²) >= 11 is 0. The molecule has 0 heterocycles. The smallest absolute Gasteiger partial charge is 0.0571 e. The molecule has 100 valence electrons. The number of unbranched alkanes of at least 4 members (excludes halogenated alkanes) is 1. The fraction of sp³-hybridized carbons (Fsp3) is 1.00. The Kier molecular flexibility index (Phi) is 4.90. The molecule has 2 bridgehead atoms. The van der Waals surface area contributed by atoms with Crippen molar-refractivity contribution < 1.29 is 5.11 Å². The molecular formula is C16H30O. The standard InChI is InChI=1S/C16H30O/c1-3-5-6-13(4-2)16(17)11-15-10-12-7-8-14(15)9-12/h12-17H,3-11H2,1-2H3. The molecule has 2 rings (SSSR count). The molecule has 0 aromatic heterocycles. The Morgan fingerprint density at radius 1 is 1.18 bits per heavy atom. The highest BCUT2D eigenvalue weighted by atomic mass is 16.3.